The SMILES string of the molecule is CCCN(CCN)C(=O)c1coc2ccccc12. The fourth-order valence-corrected chi connectivity index (χ4v) is 2.05. The van der Waals surface area contributed by atoms with E-state index in [2.05, 4.69) is 0 Å². The highest BCUT2D eigenvalue weighted by Gasteiger charge is 2.18. The molecular weight excluding hydrogens is 228 g/mol. The smallest absolute Gasteiger partial charge is 0.257 e. The van der Waals surface area contributed by atoms with Crippen LogP contribution in [-0.2, 0) is 0 Å². The van der Waals surface area contributed by atoms with E-state index in [1.807, 2.05) is 31.2 Å². The Morgan fingerprint density at radius 2 is 2.11 bits per heavy atom. The maximum Gasteiger partial charge on any atom is 0.257 e. The van der Waals surface area contributed by atoms with Gasteiger partial charge in [0.05, 0.1) is 5.56 Å². The number of amides is 1. The molecule has 0 radical (unpaired) electrons. The lowest BCUT2D eigenvalue weighted by Crippen LogP contribution is -2.35. The monoisotopic (exact) mass is 246 g/mol. The maximum atomic E-state index is 12.4. The molecule has 2 N–H and O–H groups in total. The number of nitrogens with two attached hydrogens (primary N) is 1. The lowest BCUT2D eigenvalue weighted by molar-refractivity contribution is 0.0761. The number of para-hydroxylation sites is 1. The number of furan rings is 1. The molecule has 18 heavy (non-hydrogen) atoms. The summed E-state index contributed by atoms with van der Waals surface area (Å²) in [5, 5.41) is 0.862. The molecular formula is C14H18N2O2. The quantitative estimate of drug-likeness (QED) is 0.880. The standard InChI is InChI=1S/C14H18N2O2/c1-2-8-16(9-7-15)14(17)12-10-18-13-6-4-3-5-11(12)13/h3-6,10H,2,7-9,15H2,1H3. The minimum absolute atomic E-state index is 0.00718. The molecule has 1 aromatic heterocycles. The number of benzene rings is 1. The normalized spacial score (nSPS) is 10.8. The Kier molecular flexibility index (Phi) is 3.99. The van der Waals surface area contributed by atoms with E-state index in [1.165, 1.54) is 6.26 Å². The van der Waals surface area contributed by atoms with Crippen LogP contribution in [0.15, 0.2) is 34.9 Å². The summed E-state index contributed by atoms with van der Waals surface area (Å²) < 4.78 is 5.40. The molecule has 1 heterocycles. The van der Waals surface area contributed by atoms with Crippen molar-refractivity contribution in [2.24, 2.45) is 5.73 Å². The molecule has 4 heteroatoms. The number of nitrogens with zero attached hydrogens (tertiary/aromatic N) is 1. The second-order valence-electron chi connectivity index (χ2n) is 4.23. The van der Waals surface area contributed by atoms with Gasteiger partial charge in [0.1, 0.15) is 11.8 Å². The van der Waals surface area contributed by atoms with Gasteiger partial charge >= 0.3 is 0 Å². The molecule has 0 spiro atoms. The van der Waals surface area contributed by atoms with Crippen LogP contribution in [0, 0.1) is 0 Å². The second kappa shape index (κ2) is 5.69. The number of carbonyl (C=O) groups excluding carboxylic acids is 1. The van der Waals surface area contributed by atoms with Gasteiger partial charge in [-0.15, -0.1) is 0 Å². The average Bonchev–Trinajstić information content (AvgIpc) is 2.81. The van der Waals surface area contributed by atoms with Gasteiger partial charge in [-0.05, 0) is 12.5 Å². The van der Waals surface area contributed by atoms with E-state index < -0.39 is 0 Å². The van der Waals surface area contributed by atoms with Crippen molar-refractivity contribution in [1.82, 2.24) is 4.90 Å². The van der Waals surface area contributed by atoms with Crippen LogP contribution in [0.1, 0.15) is 23.7 Å². The van der Waals surface area contributed by atoms with Crippen molar-refractivity contribution in [3.8, 4) is 0 Å². The molecule has 0 aliphatic carbocycles. The van der Waals surface area contributed by atoms with Gasteiger partial charge in [0.25, 0.3) is 5.91 Å². The lowest BCUT2D eigenvalue weighted by atomic mass is 10.1. The van der Waals surface area contributed by atoms with Crippen molar-refractivity contribution < 1.29 is 9.21 Å². The zero-order valence-electron chi connectivity index (χ0n) is 10.6. The molecule has 0 bridgehead atoms. The van der Waals surface area contributed by atoms with Crippen molar-refractivity contribution in [2.45, 2.75) is 13.3 Å². The Bertz CT molecular complexity index is 527. The molecule has 1 aromatic carbocycles. The van der Waals surface area contributed by atoms with Crippen molar-refractivity contribution in [3.05, 3.63) is 36.1 Å². The van der Waals surface area contributed by atoms with Crippen LogP contribution in [0.3, 0.4) is 0 Å². The minimum atomic E-state index is -0.00718. The maximum absolute atomic E-state index is 12.4. The van der Waals surface area contributed by atoms with Gasteiger partial charge in [0.2, 0.25) is 0 Å². The largest absolute Gasteiger partial charge is 0.463 e. The summed E-state index contributed by atoms with van der Waals surface area (Å²) in [5.74, 6) is -0.00718. The first-order valence-corrected chi connectivity index (χ1v) is 6.23. The Balaban J connectivity index is 2.31. The number of hydrogen-bond donors (Lipinski definition) is 1. The third-order valence-electron chi connectivity index (χ3n) is 2.89. The number of fused-ring (bicyclic) bond motifs is 1. The van der Waals surface area contributed by atoms with Gasteiger partial charge in [0, 0.05) is 25.0 Å². The highest BCUT2D eigenvalue weighted by atomic mass is 16.3. The van der Waals surface area contributed by atoms with E-state index in [0.29, 0.717) is 18.7 Å². The van der Waals surface area contributed by atoms with Crippen LogP contribution >= 0.6 is 0 Å². The van der Waals surface area contributed by atoms with Gasteiger partial charge in [0.15, 0.2) is 0 Å². The summed E-state index contributed by atoms with van der Waals surface area (Å²) in [6.07, 6.45) is 2.45. The van der Waals surface area contributed by atoms with Gasteiger partial charge in [-0.1, -0.05) is 25.1 Å². The summed E-state index contributed by atoms with van der Waals surface area (Å²) >= 11 is 0. The predicted octanol–water partition coefficient (Wildman–Crippen LogP) is 2.24. The lowest BCUT2D eigenvalue weighted by Gasteiger charge is -2.20. The van der Waals surface area contributed by atoms with Crippen LogP contribution in [0.2, 0.25) is 0 Å². The van der Waals surface area contributed by atoms with E-state index >= 15 is 0 Å². The summed E-state index contributed by atoms with van der Waals surface area (Å²) in [7, 11) is 0. The first kappa shape index (κ1) is 12.6. The Hall–Kier alpha value is -1.81. The molecule has 0 fully saturated rings. The molecule has 96 valence electrons. The fourth-order valence-electron chi connectivity index (χ4n) is 2.05. The molecule has 1 amide bonds. The van der Waals surface area contributed by atoms with Gasteiger partial charge in [-0.25, -0.2) is 0 Å². The third kappa shape index (κ3) is 2.38. The first-order chi connectivity index (χ1) is 8.77. The summed E-state index contributed by atoms with van der Waals surface area (Å²) in [6.45, 7) is 3.81. The van der Waals surface area contributed by atoms with Crippen LogP contribution in [-0.4, -0.2) is 30.4 Å². The van der Waals surface area contributed by atoms with E-state index in [1.54, 1.807) is 4.90 Å². The molecule has 0 atom stereocenters. The highest BCUT2D eigenvalue weighted by molar-refractivity contribution is 6.05. The minimum Gasteiger partial charge on any atom is -0.463 e. The Labute approximate surface area is 106 Å². The molecule has 0 unspecified atom stereocenters. The summed E-state index contributed by atoms with van der Waals surface area (Å²) in [4.78, 5) is 14.2. The average molecular weight is 246 g/mol. The van der Waals surface area contributed by atoms with Crippen molar-refractivity contribution in [1.29, 1.82) is 0 Å². The zero-order chi connectivity index (χ0) is 13.0. The van der Waals surface area contributed by atoms with E-state index in [9.17, 15) is 4.79 Å². The molecule has 0 saturated carbocycles. The van der Waals surface area contributed by atoms with E-state index in [4.69, 9.17) is 10.2 Å². The Morgan fingerprint density at radius 1 is 1.33 bits per heavy atom. The van der Waals surface area contributed by atoms with Crippen LogP contribution < -0.4 is 5.73 Å². The molecule has 4 nitrogen and oxygen atoms in total. The zero-order valence-corrected chi connectivity index (χ0v) is 10.6. The summed E-state index contributed by atoms with van der Waals surface area (Å²) in [6, 6.07) is 7.56. The molecule has 0 aliphatic rings. The highest BCUT2D eigenvalue weighted by Crippen LogP contribution is 2.22. The molecule has 0 aliphatic heterocycles. The molecule has 2 rings (SSSR count). The van der Waals surface area contributed by atoms with Crippen molar-refractivity contribution >= 4 is 16.9 Å². The predicted molar refractivity (Wildman–Crippen MR) is 71.5 cm³/mol. The van der Waals surface area contributed by atoms with Crippen LogP contribution in [0.25, 0.3) is 11.0 Å². The summed E-state index contributed by atoms with van der Waals surface area (Å²) in [5.41, 5.74) is 6.91. The van der Waals surface area contributed by atoms with Gasteiger partial charge in [-0.3, -0.25) is 4.79 Å². The van der Waals surface area contributed by atoms with Crippen molar-refractivity contribution in [3.63, 3.8) is 0 Å². The van der Waals surface area contributed by atoms with Crippen LogP contribution in [0.4, 0.5) is 0 Å². The Morgan fingerprint density at radius 3 is 2.83 bits per heavy atom. The van der Waals surface area contributed by atoms with E-state index in [-0.39, 0.29) is 5.91 Å². The van der Waals surface area contributed by atoms with Gasteiger partial charge in [-0.2, -0.15) is 0 Å². The van der Waals surface area contributed by atoms with Crippen LogP contribution in [0.5, 0.6) is 0 Å². The topological polar surface area (TPSA) is 59.5 Å². The second-order valence-corrected chi connectivity index (χ2v) is 4.23. The van der Waals surface area contributed by atoms with Crippen molar-refractivity contribution in [2.75, 3.05) is 19.6 Å². The number of rotatable bonds is 5. The van der Waals surface area contributed by atoms with E-state index in [0.717, 1.165) is 23.9 Å². The number of hydrogen-bond acceptors (Lipinski definition) is 3. The van der Waals surface area contributed by atoms with Gasteiger partial charge < -0.3 is 15.1 Å². The molecule has 2 aromatic rings. The number of carbonyl (C=O) groups is 1. The third-order valence-corrected chi connectivity index (χ3v) is 2.89. The molecule has 0 saturated heterocycles. The first-order valence-electron chi connectivity index (χ1n) is 6.23. The fraction of sp³-hybridized carbons (Fsp3) is 0.357.